The van der Waals surface area contributed by atoms with Crippen molar-refractivity contribution in [3.05, 3.63) is 58.6 Å². The molecule has 0 heterocycles. The standard InChI is InChI=1S/C22H26ClNO4/c1-4-13-28-19-8-5-16(6-9-19)20(25)10-12-22(26)24(2)15-17-14-18(23)7-11-21(17)27-3/h5-9,11,14H,4,10,12-13,15H2,1-3H3. The van der Waals surface area contributed by atoms with Gasteiger partial charge in [-0.15, -0.1) is 0 Å². The Morgan fingerprint density at radius 2 is 1.79 bits per heavy atom. The molecule has 0 radical (unpaired) electrons. The van der Waals surface area contributed by atoms with E-state index >= 15 is 0 Å². The van der Waals surface area contributed by atoms with Crippen LogP contribution in [0.4, 0.5) is 0 Å². The molecule has 0 N–H and O–H groups in total. The van der Waals surface area contributed by atoms with E-state index in [2.05, 4.69) is 0 Å². The Bertz CT molecular complexity index is 805. The summed E-state index contributed by atoms with van der Waals surface area (Å²) in [6.07, 6.45) is 1.23. The molecule has 0 aliphatic rings. The van der Waals surface area contributed by atoms with E-state index in [4.69, 9.17) is 21.1 Å². The first-order valence-electron chi connectivity index (χ1n) is 9.27. The fourth-order valence-electron chi connectivity index (χ4n) is 2.73. The number of hydrogen-bond acceptors (Lipinski definition) is 4. The van der Waals surface area contributed by atoms with Gasteiger partial charge in [-0.25, -0.2) is 0 Å². The van der Waals surface area contributed by atoms with Gasteiger partial charge in [0, 0.05) is 42.6 Å². The lowest BCUT2D eigenvalue weighted by molar-refractivity contribution is -0.130. The maximum absolute atomic E-state index is 12.4. The van der Waals surface area contributed by atoms with Crippen LogP contribution < -0.4 is 9.47 Å². The fourth-order valence-corrected chi connectivity index (χ4v) is 2.92. The summed E-state index contributed by atoms with van der Waals surface area (Å²) in [7, 11) is 3.28. The van der Waals surface area contributed by atoms with Crippen molar-refractivity contribution in [1.82, 2.24) is 4.90 Å². The molecular weight excluding hydrogens is 378 g/mol. The second-order valence-corrected chi connectivity index (χ2v) is 6.94. The van der Waals surface area contributed by atoms with Gasteiger partial charge in [-0.1, -0.05) is 18.5 Å². The highest BCUT2D eigenvalue weighted by Gasteiger charge is 2.15. The number of halogens is 1. The first-order chi connectivity index (χ1) is 13.4. The van der Waals surface area contributed by atoms with E-state index in [9.17, 15) is 9.59 Å². The molecule has 1 amide bonds. The van der Waals surface area contributed by atoms with Crippen LogP contribution in [0.2, 0.25) is 5.02 Å². The lowest BCUT2D eigenvalue weighted by Gasteiger charge is -2.19. The number of nitrogens with zero attached hydrogens (tertiary/aromatic N) is 1. The zero-order valence-electron chi connectivity index (χ0n) is 16.5. The molecule has 0 spiro atoms. The molecule has 5 nitrogen and oxygen atoms in total. The Labute approximate surface area is 171 Å². The molecule has 0 aliphatic heterocycles. The lowest BCUT2D eigenvalue weighted by atomic mass is 10.1. The highest BCUT2D eigenvalue weighted by atomic mass is 35.5. The highest BCUT2D eigenvalue weighted by molar-refractivity contribution is 6.30. The molecule has 28 heavy (non-hydrogen) atoms. The quantitative estimate of drug-likeness (QED) is 0.537. The van der Waals surface area contributed by atoms with E-state index in [0.717, 1.165) is 17.7 Å². The predicted molar refractivity (Wildman–Crippen MR) is 110 cm³/mol. The Morgan fingerprint density at radius 1 is 1.07 bits per heavy atom. The van der Waals surface area contributed by atoms with E-state index in [0.29, 0.717) is 29.5 Å². The third kappa shape index (κ3) is 6.27. The average molecular weight is 404 g/mol. The van der Waals surface area contributed by atoms with Gasteiger partial charge in [-0.2, -0.15) is 0 Å². The second-order valence-electron chi connectivity index (χ2n) is 6.50. The van der Waals surface area contributed by atoms with Crippen molar-refractivity contribution in [2.45, 2.75) is 32.7 Å². The van der Waals surface area contributed by atoms with Gasteiger partial charge < -0.3 is 14.4 Å². The van der Waals surface area contributed by atoms with Crippen molar-refractivity contribution in [2.75, 3.05) is 20.8 Å². The summed E-state index contributed by atoms with van der Waals surface area (Å²) < 4.78 is 10.8. The van der Waals surface area contributed by atoms with Gasteiger partial charge in [0.15, 0.2) is 5.78 Å². The van der Waals surface area contributed by atoms with Gasteiger partial charge in [-0.05, 0) is 48.9 Å². The van der Waals surface area contributed by atoms with E-state index in [1.54, 1.807) is 61.5 Å². The molecule has 0 saturated heterocycles. The van der Waals surface area contributed by atoms with Crippen LogP contribution in [0, 0.1) is 0 Å². The molecule has 2 aromatic rings. The van der Waals surface area contributed by atoms with Crippen LogP contribution in [0.5, 0.6) is 11.5 Å². The van der Waals surface area contributed by atoms with Crippen LogP contribution in [0.3, 0.4) is 0 Å². The molecule has 2 rings (SSSR count). The topological polar surface area (TPSA) is 55.8 Å². The molecule has 0 aromatic heterocycles. The minimum absolute atomic E-state index is 0.0656. The number of amides is 1. The summed E-state index contributed by atoms with van der Waals surface area (Å²) in [5.41, 5.74) is 1.40. The molecular formula is C22H26ClNO4. The Morgan fingerprint density at radius 3 is 2.43 bits per heavy atom. The van der Waals surface area contributed by atoms with Gasteiger partial charge in [0.05, 0.1) is 13.7 Å². The minimum Gasteiger partial charge on any atom is -0.496 e. The molecule has 6 heteroatoms. The Balaban J connectivity index is 1.88. The molecule has 0 bridgehead atoms. The largest absolute Gasteiger partial charge is 0.496 e. The van der Waals surface area contributed by atoms with E-state index in [-0.39, 0.29) is 24.5 Å². The number of ketones is 1. The van der Waals surface area contributed by atoms with Crippen molar-refractivity contribution >= 4 is 23.3 Å². The predicted octanol–water partition coefficient (Wildman–Crippen LogP) is 4.76. The SMILES string of the molecule is CCCOc1ccc(C(=O)CCC(=O)N(C)Cc2cc(Cl)ccc2OC)cc1. The lowest BCUT2D eigenvalue weighted by Crippen LogP contribution is -2.26. The minimum atomic E-state index is -0.113. The van der Waals surface area contributed by atoms with Gasteiger partial charge in [-0.3, -0.25) is 9.59 Å². The number of ether oxygens (including phenoxy) is 2. The Hall–Kier alpha value is -2.53. The molecule has 0 aliphatic carbocycles. The normalized spacial score (nSPS) is 10.4. The first kappa shape index (κ1) is 21.8. The maximum atomic E-state index is 12.4. The number of hydrogen-bond donors (Lipinski definition) is 0. The van der Waals surface area contributed by atoms with Gasteiger partial charge in [0.25, 0.3) is 0 Å². The van der Waals surface area contributed by atoms with Gasteiger partial charge in [0.2, 0.25) is 5.91 Å². The van der Waals surface area contributed by atoms with Crippen molar-refractivity contribution in [1.29, 1.82) is 0 Å². The van der Waals surface area contributed by atoms with Crippen molar-refractivity contribution in [3.8, 4) is 11.5 Å². The second kappa shape index (κ2) is 10.7. The summed E-state index contributed by atoms with van der Waals surface area (Å²) in [6, 6.07) is 12.3. The summed E-state index contributed by atoms with van der Waals surface area (Å²) in [6.45, 7) is 3.04. The van der Waals surface area contributed by atoms with Crippen molar-refractivity contribution in [3.63, 3.8) is 0 Å². The number of carbonyl (C=O) groups excluding carboxylic acids is 2. The zero-order chi connectivity index (χ0) is 20.5. The first-order valence-corrected chi connectivity index (χ1v) is 9.64. The summed E-state index contributed by atoms with van der Waals surface area (Å²) in [5.74, 6) is 1.23. The fraction of sp³-hybridized carbons (Fsp3) is 0.364. The zero-order valence-corrected chi connectivity index (χ0v) is 17.3. The van der Waals surface area contributed by atoms with Crippen LogP contribution in [0.1, 0.15) is 42.1 Å². The van der Waals surface area contributed by atoms with Crippen molar-refractivity contribution < 1.29 is 19.1 Å². The molecule has 0 unspecified atom stereocenters. The van der Waals surface area contributed by atoms with Crippen LogP contribution in [-0.4, -0.2) is 37.4 Å². The molecule has 2 aromatic carbocycles. The highest BCUT2D eigenvalue weighted by Crippen LogP contribution is 2.24. The van der Waals surface area contributed by atoms with Crippen LogP contribution in [0.25, 0.3) is 0 Å². The third-order valence-electron chi connectivity index (χ3n) is 4.29. The number of rotatable bonds is 10. The Kier molecular flexibility index (Phi) is 8.33. The summed E-state index contributed by atoms with van der Waals surface area (Å²) in [5, 5.41) is 0.582. The number of methoxy groups -OCH3 is 1. The maximum Gasteiger partial charge on any atom is 0.223 e. The molecule has 150 valence electrons. The molecule has 0 fully saturated rings. The van der Waals surface area contributed by atoms with Crippen LogP contribution in [-0.2, 0) is 11.3 Å². The van der Waals surface area contributed by atoms with Crippen molar-refractivity contribution in [2.24, 2.45) is 0 Å². The summed E-state index contributed by atoms with van der Waals surface area (Å²) >= 11 is 6.03. The van der Waals surface area contributed by atoms with E-state index in [1.807, 2.05) is 6.92 Å². The monoisotopic (exact) mass is 403 g/mol. The number of benzene rings is 2. The van der Waals surface area contributed by atoms with Crippen LogP contribution >= 0.6 is 11.6 Å². The molecule has 0 atom stereocenters. The summed E-state index contributed by atoms with van der Waals surface area (Å²) in [4.78, 5) is 26.3. The van der Waals surface area contributed by atoms with Gasteiger partial charge >= 0.3 is 0 Å². The van der Waals surface area contributed by atoms with Crippen LogP contribution in [0.15, 0.2) is 42.5 Å². The number of Topliss-reactive ketones (excluding diaryl/α,β-unsaturated/α-hetero) is 1. The average Bonchev–Trinajstić information content (AvgIpc) is 2.70. The van der Waals surface area contributed by atoms with Gasteiger partial charge in [0.1, 0.15) is 11.5 Å². The third-order valence-corrected chi connectivity index (χ3v) is 4.53. The smallest absolute Gasteiger partial charge is 0.223 e. The number of carbonyl (C=O) groups is 2. The van der Waals surface area contributed by atoms with E-state index < -0.39 is 0 Å². The molecule has 0 saturated carbocycles. The van der Waals surface area contributed by atoms with E-state index in [1.165, 1.54) is 0 Å².